The fourth-order valence-electron chi connectivity index (χ4n) is 3.15. The van der Waals surface area contributed by atoms with Crippen LogP contribution in [0.5, 0.6) is 0 Å². The van der Waals surface area contributed by atoms with Gasteiger partial charge in [0.15, 0.2) is 17.3 Å². The Hall–Kier alpha value is -3.22. The van der Waals surface area contributed by atoms with Gasteiger partial charge >= 0.3 is 0 Å². The maximum atomic E-state index is 4.72. The van der Waals surface area contributed by atoms with Gasteiger partial charge in [-0.3, -0.25) is 0 Å². The van der Waals surface area contributed by atoms with Crippen LogP contribution in [0.1, 0.15) is 11.3 Å². The van der Waals surface area contributed by atoms with E-state index in [-0.39, 0.29) is 0 Å². The molecule has 0 fully saturated rings. The summed E-state index contributed by atoms with van der Waals surface area (Å²) in [6.07, 6.45) is 4.53. The first kappa shape index (κ1) is 13.2. The molecule has 0 saturated carbocycles. The van der Waals surface area contributed by atoms with Crippen LogP contribution >= 0.6 is 0 Å². The number of rotatable bonds is 2. The summed E-state index contributed by atoms with van der Waals surface area (Å²) in [6, 6.07) is 9.90. The first-order valence-electron chi connectivity index (χ1n) is 7.90. The van der Waals surface area contributed by atoms with Crippen molar-refractivity contribution in [3.8, 4) is 17.2 Å². The average molecular weight is 317 g/mol. The Morgan fingerprint density at radius 1 is 1.12 bits per heavy atom. The number of aromatic nitrogens is 6. The largest absolute Gasteiger partial charge is 0.368 e. The molecule has 0 unspecified atom stereocenters. The van der Waals surface area contributed by atoms with Gasteiger partial charge in [0.2, 0.25) is 0 Å². The quantitative estimate of drug-likeness (QED) is 0.614. The molecule has 5 heterocycles. The highest BCUT2D eigenvalue weighted by Gasteiger charge is 2.25. The zero-order chi connectivity index (χ0) is 16.1. The Morgan fingerprint density at radius 2 is 2.08 bits per heavy atom. The van der Waals surface area contributed by atoms with Crippen LogP contribution in [0.2, 0.25) is 0 Å². The minimum atomic E-state index is 0.800. The van der Waals surface area contributed by atoms with E-state index in [4.69, 9.17) is 10.2 Å². The van der Waals surface area contributed by atoms with Crippen LogP contribution in [-0.2, 0) is 6.42 Å². The molecular weight excluding hydrogens is 302 g/mol. The third-order valence-corrected chi connectivity index (χ3v) is 4.24. The molecule has 5 rings (SSSR count). The number of nitrogens with zero attached hydrogens (tertiary/aromatic N) is 6. The monoisotopic (exact) mass is 317 g/mol. The van der Waals surface area contributed by atoms with Gasteiger partial charge in [0.05, 0.1) is 0 Å². The summed E-state index contributed by atoms with van der Waals surface area (Å²) in [7, 11) is 0. The minimum Gasteiger partial charge on any atom is -0.368 e. The smallest absolute Gasteiger partial charge is 0.154 e. The van der Waals surface area contributed by atoms with E-state index in [9.17, 15) is 0 Å². The van der Waals surface area contributed by atoms with Crippen molar-refractivity contribution in [2.75, 3.05) is 11.9 Å². The predicted octanol–water partition coefficient (Wildman–Crippen LogP) is 2.25. The van der Waals surface area contributed by atoms with Crippen LogP contribution < -0.4 is 5.32 Å². The molecule has 0 aliphatic carbocycles. The SMILES string of the molecule is Cc1cccc(-n2nc3c(c2-c2ccc4nccn4n2)CCN3)n1. The molecule has 118 valence electrons. The number of nitrogens with one attached hydrogen (secondary N) is 1. The molecule has 4 aromatic rings. The second kappa shape index (κ2) is 4.89. The first-order valence-corrected chi connectivity index (χ1v) is 7.90. The van der Waals surface area contributed by atoms with Crippen LogP contribution in [-0.4, -0.2) is 35.9 Å². The van der Waals surface area contributed by atoms with Gasteiger partial charge in [0.25, 0.3) is 0 Å². The molecule has 0 atom stereocenters. The van der Waals surface area contributed by atoms with Gasteiger partial charge in [-0.05, 0) is 37.6 Å². The molecular formula is C17H15N7. The number of anilines is 1. The number of hydrogen-bond donors (Lipinski definition) is 1. The molecule has 24 heavy (non-hydrogen) atoms. The topological polar surface area (TPSA) is 72.9 Å². The lowest BCUT2D eigenvalue weighted by atomic mass is 10.1. The number of aryl methyl sites for hydroxylation is 1. The average Bonchev–Trinajstić information content (AvgIpc) is 3.29. The lowest BCUT2D eigenvalue weighted by Gasteiger charge is -2.09. The standard InChI is InChI=1S/C17H15N7/c1-11-3-2-4-15(20-11)24-16(12-7-8-19-17(12)22-24)13-5-6-14-18-9-10-23(14)21-13/h2-6,9-10H,7-8H2,1H3,(H,19,22). The van der Waals surface area contributed by atoms with Crippen molar-refractivity contribution in [2.24, 2.45) is 0 Å². The maximum absolute atomic E-state index is 4.72. The number of fused-ring (bicyclic) bond motifs is 2. The summed E-state index contributed by atoms with van der Waals surface area (Å²) < 4.78 is 3.67. The van der Waals surface area contributed by atoms with Crippen LogP contribution in [0.4, 0.5) is 5.82 Å². The Bertz CT molecular complexity index is 1060. The van der Waals surface area contributed by atoms with Crippen LogP contribution in [0.3, 0.4) is 0 Å². The van der Waals surface area contributed by atoms with Gasteiger partial charge in [-0.1, -0.05) is 6.07 Å². The van der Waals surface area contributed by atoms with E-state index in [1.807, 2.05) is 48.1 Å². The molecule has 0 radical (unpaired) electrons. The highest BCUT2D eigenvalue weighted by atomic mass is 15.4. The molecule has 1 N–H and O–H groups in total. The number of hydrogen-bond acceptors (Lipinski definition) is 5. The van der Waals surface area contributed by atoms with Gasteiger partial charge in [-0.15, -0.1) is 5.10 Å². The first-order chi connectivity index (χ1) is 11.8. The molecule has 4 aromatic heterocycles. The van der Waals surface area contributed by atoms with E-state index >= 15 is 0 Å². The van der Waals surface area contributed by atoms with E-state index < -0.39 is 0 Å². The van der Waals surface area contributed by atoms with Gasteiger partial charge in [0, 0.05) is 30.2 Å². The normalized spacial score (nSPS) is 13.2. The molecule has 7 heteroatoms. The van der Waals surface area contributed by atoms with Gasteiger partial charge in [0.1, 0.15) is 11.4 Å². The van der Waals surface area contributed by atoms with Gasteiger partial charge in [-0.2, -0.15) is 5.10 Å². The molecule has 0 amide bonds. The second-order valence-corrected chi connectivity index (χ2v) is 5.85. The van der Waals surface area contributed by atoms with E-state index in [0.29, 0.717) is 0 Å². The molecule has 7 nitrogen and oxygen atoms in total. The van der Waals surface area contributed by atoms with E-state index in [2.05, 4.69) is 15.3 Å². The lowest BCUT2D eigenvalue weighted by Crippen LogP contribution is -2.07. The Morgan fingerprint density at radius 3 is 3.00 bits per heavy atom. The number of pyridine rings is 1. The fourth-order valence-corrected chi connectivity index (χ4v) is 3.15. The Kier molecular flexibility index (Phi) is 2.70. The molecule has 0 aromatic carbocycles. The van der Waals surface area contributed by atoms with E-state index in [1.54, 1.807) is 10.7 Å². The predicted molar refractivity (Wildman–Crippen MR) is 90.3 cm³/mol. The summed E-state index contributed by atoms with van der Waals surface area (Å²) in [5.41, 5.74) is 4.82. The van der Waals surface area contributed by atoms with E-state index in [0.717, 1.165) is 47.3 Å². The summed E-state index contributed by atoms with van der Waals surface area (Å²) >= 11 is 0. The molecule has 1 aliphatic heterocycles. The third-order valence-electron chi connectivity index (χ3n) is 4.24. The minimum absolute atomic E-state index is 0.800. The Labute approximate surface area is 138 Å². The van der Waals surface area contributed by atoms with Crippen molar-refractivity contribution in [1.29, 1.82) is 0 Å². The van der Waals surface area contributed by atoms with Crippen LogP contribution in [0, 0.1) is 6.92 Å². The van der Waals surface area contributed by atoms with Crippen molar-refractivity contribution in [3.05, 3.63) is 54.0 Å². The van der Waals surface area contributed by atoms with Crippen molar-refractivity contribution >= 4 is 11.5 Å². The van der Waals surface area contributed by atoms with Crippen molar-refractivity contribution in [2.45, 2.75) is 13.3 Å². The van der Waals surface area contributed by atoms with Crippen molar-refractivity contribution in [1.82, 2.24) is 29.4 Å². The van der Waals surface area contributed by atoms with Crippen molar-refractivity contribution < 1.29 is 0 Å². The second-order valence-electron chi connectivity index (χ2n) is 5.85. The Balaban J connectivity index is 1.77. The summed E-state index contributed by atoms with van der Waals surface area (Å²) in [5.74, 6) is 1.72. The number of imidazole rings is 1. The van der Waals surface area contributed by atoms with Gasteiger partial charge < -0.3 is 5.32 Å². The third kappa shape index (κ3) is 1.91. The highest BCUT2D eigenvalue weighted by molar-refractivity contribution is 5.71. The van der Waals surface area contributed by atoms with Gasteiger partial charge in [-0.25, -0.2) is 19.2 Å². The molecule has 0 saturated heterocycles. The fraction of sp³-hybridized carbons (Fsp3) is 0.176. The summed E-state index contributed by atoms with van der Waals surface area (Å²) in [4.78, 5) is 8.88. The summed E-state index contributed by atoms with van der Waals surface area (Å²) in [5, 5.41) is 12.8. The van der Waals surface area contributed by atoms with E-state index in [1.165, 1.54) is 5.56 Å². The zero-order valence-corrected chi connectivity index (χ0v) is 13.1. The van der Waals surface area contributed by atoms with Crippen LogP contribution in [0.15, 0.2) is 42.7 Å². The van der Waals surface area contributed by atoms with Crippen molar-refractivity contribution in [3.63, 3.8) is 0 Å². The molecule has 1 aliphatic rings. The zero-order valence-electron chi connectivity index (χ0n) is 13.1. The summed E-state index contributed by atoms with van der Waals surface area (Å²) in [6.45, 7) is 2.88. The lowest BCUT2D eigenvalue weighted by molar-refractivity contribution is 0.830. The molecule has 0 bridgehead atoms. The maximum Gasteiger partial charge on any atom is 0.154 e. The highest BCUT2D eigenvalue weighted by Crippen LogP contribution is 2.33. The van der Waals surface area contributed by atoms with Crippen LogP contribution in [0.25, 0.3) is 22.9 Å². The molecule has 0 spiro atoms.